The molecule has 0 unspecified atom stereocenters. The summed E-state index contributed by atoms with van der Waals surface area (Å²) in [5, 5.41) is 1.17. The van der Waals surface area contributed by atoms with E-state index < -0.39 is 0 Å². The fourth-order valence-electron chi connectivity index (χ4n) is 2.61. The predicted octanol–water partition coefficient (Wildman–Crippen LogP) is 3.19. The second-order valence-corrected chi connectivity index (χ2v) is 5.94. The molecule has 1 radical (unpaired) electrons. The summed E-state index contributed by atoms with van der Waals surface area (Å²) in [6, 6.07) is 8.35. The lowest BCUT2D eigenvalue weighted by Crippen LogP contribution is -2.33. The number of fused-ring (bicyclic) bond motifs is 1. The summed E-state index contributed by atoms with van der Waals surface area (Å²) in [4.78, 5) is 7.12. The average Bonchev–Trinajstić information content (AvgIpc) is 2.84. The number of hydrogen-bond donors (Lipinski definition) is 0. The molecule has 1 aromatic heterocycles. The fraction of sp³-hybridized carbons (Fsp3) is 0.500. The van der Waals surface area contributed by atoms with Gasteiger partial charge in [-0.15, -0.1) is 0 Å². The molecule has 2 heterocycles. The number of rotatable bonds is 3. The third-order valence-electron chi connectivity index (χ3n) is 3.72. The number of nitrogens with one attached hydrogen (secondary N) is 1. The lowest BCUT2D eigenvalue weighted by molar-refractivity contribution is 0.385. The lowest BCUT2D eigenvalue weighted by Gasteiger charge is -2.31. The summed E-state index contributed by atoms with van der Waals surface area (Å²) in [6.07, 6.45) is 3.50. The summed E-state index contributed by atoms with van der Waals surface area (Å²) in [5.41, 5.74) is 8.42. The van der Waals surface area contributed by atoms with Gasteiger partial charge in [-0.2, -0.15) is 0 Å². The van der Waals surface area contributed by atoms with Gasteiger partial charge in [0.2, 0.25) is 0 Å². The molecule has 0 saturated carbocycles. The SMILES string of the molecule is [NH]CCC1CCN(c2nc3ccccc3s2)CC1. The van der Waals surface area contributed by atoms with E-state index in [4.69, 9.17) is 10.7 Å². The van der Waals surface area contributed by atoms with E-state index in [-0.39, 0.29) is 0 Å². The normalized spacial score (nSPS) is 17.5. The molecule has 0 bridgehead atoms. The molecule has 4 heteroatoms. The van der Waals surface area contributed by atoms with Gasteiger partial charge in [0.15, 0.2) is 5.13 Å². The van der Waals surface area contributed by atoms with Gasteiger partial charge in [0, 0.05) is 19.6 Å². The van der Waals surface area contributed by atoms with Crippen LogP contribution < -0.4 is 10.6 Å². The molecule has 2 aromatic rings. The smallest absolute Gasteiger partial charge is 0.186 e. The topological polar surface area (TPSA) is 39.9 Å². The maximum atomic E-state index is 7.30. The highest BCUT2D eigenvalue weighted by Gasteiger charge is 2.20. The number of benzene rings is 1. The van der Waals surface area contributed by atoms with Gasteiger partial charge in [-0.05, 0) is 37.3 Å². The molecule has 18 heavy (non-hydrogen) atoms. The van der Waals surface area contributed by atoms with Crippen LogP contribution in [-0.2, 0) is 0 Å². The Balaban J connectivity index is 1.72. The first-order valence-corrected chi connectivity index (χ1v) is 7.43. The molecule has 0 spiro atoms. The molecule has 0 atom stereocenters. The van der Waals surface area contributed by atoms with Gasteiger partial charge in [0.05, 0.1) is 10.2 Å². The van der Waals surface area contributed by atoms with Crippen molar-refractivity contribution in [3.63, 3.8) is 0 Å². The molecule has 0 amide bonds. The van der Waals surface area contributed by atoms with Gasteiger partial charge in [-0.3, -0.25) is 5.73 Å². The van der Waals surface area contributed by atoms with E-state index in [0.717, 1.165) is 30.9 Å². The molecular formula is C14H18N3S. The van der Waals surface area contributed by atoms with E-state index in [9.17, 15) is 0 Å². The first kappa shape index (κ1) is 11.9. The van der Waals surface area contributed by atoms with E-state index in [2.05, 4.69) is 23.1 Å². The zero-order valence-electron chi connectivity index (χ0n) is 10.4. The van der Waals surface area contributed by atoms with Gasteiger partial charge in [-0.1, -0.05) is 23.5 Å². The molecule has 0 aliphatic carbocycles. The Morgan fingerprint density at radius 1 is 1.28 bits per heavy atom. The van der Waals surface area contributed by atoms with Crippen LogP contribution in [0.1, 0.15) is 19.3 Å². The Kier molecular flexibility index (Phi) is 3.48. The molecule has 1 N–H and O–H groups in total. The Hall–Kier alpha value is -1.13. The number of thiazole rings is 1. The van der Waals surface area contributed by atoms with Crippen LogP contribution in [0.2, 0.25) is 0 Å². The summed E-state index contributed by atoms with van der Waals surface area (Å²) >= 11 is 1.80. The van der Waals surface area contributed by atoms with Crippen molar-refractivity contribution in [2.45, 2.75) is 19.3 Å². The minimum absolute atomic E-state index is 0.575. The number of aromatic nitrogens is 1. The van der Waals surface area contributed by atoms with Crippen LogP contribution >= 0.6 is 11.3 Å². The molecule has 1 saturated heterocycles. The Labute approximate surface area is 112 Å². The van der Waals surface area contributed by atoms with E-state index in [1.165, 1.54) is 22.7 Å². The van der Waals surface area contributed by atoms with E-state index in [0.29, 0.717) is 6.54 Å². The zero-order valence-corrected chi connectivity index (χ0v) is 11.2. The molecule has 3 nitrogen and oxygen atoms in total. The summed E-state index contributed by atoms with van der Waals surface area (Å²) in [5.74, 6) is 0.758. The Bertz CT molecular complexity index is 481. The minimum Gasteiger partial charge on any atom is -0.348 e. The Morgan fingerprint density at radius 3 is 2.78 bits per heavy atom. The average molecular weight is 260 g/mol. The largest absolute Gasteiger partial charge is 0.348 e. The summed E-state index contributed by atoms with van der Waals surface area (Å²) in [7, 11) is 0. The quantitative estimate of drug-likeness (QED) is 0.850. The number of hydrogen-bond acceptors (Lipinski definition) is 3. The number of piperidine rings is 1. The highest BCUT2D eigenvalue weighted by molar-refractivity contribution is 7.22. The number of anilines is 1. The first-order chi connectivity index (χ1) is 8.86. The van der Waals surface area contributed by atoms with Crippen LogP contribution in [0.15, 0.2) is 24.3 Å². The van der Waals surface area contributed by atoms with Crippen molar-refractivity contribution in [3.05, 3.63) is 24.3 Å². The molecule has 1 fully saturated rings. The van der Waals surface area contributed by atoms with Crippen LogP contribution in [0.4, 0.5) is 5.13 Å². The van der Waals surface area contributed by atoms with Gasteiger partial charge < -0.3 is 4.90 Å². The molecular weight excluding hydrogens is 242 g/mol. The second kappa shape index (κ2) is 5.24. The van der Waals surface area contributed by atoms with Crippen molar-refractivity contribution < 1.29 is 0 Å². The Morgan fingerprint density at radius 2 is 2.06 bits per heavy atom. The third kappa shape index (κ3) is 2.35. The monoisotopic (exact) mass is 260 g/mol. The van der Waals surface area contributed by atoms with E-state index in [1.54, 1.807) is 11.3 Å². The number of para-hydroxylation sites is 1. The van der Waals surface area contributed by atoms with Crippen molar-refractivity contribution in [2.24, 2.45) is 5.92 Å². The standard InChI is InChI=1S/C14H18N3S/c15-8-5-11-6-9-17(10-7-11)14-16-12-3-1-2-4-13(12)18-14/h1-4,11,15H,5-10H2. The van der Waals surface area contributed by atoms with Gasteiger partial charge >= 0.3 is 0 Å². The maximum Gasteiger partial charge on any atom is 0.186 e. The van der Waals surface area contributed by atoms with Crippen LogP contribution in [-0.4, -0.2) is 24.6 Å². The molecule has 3 rings (SSSR count). The highest BCUT2D eigenvalue weighted by atomic mass is 32.1. The van der Waals surface area contributed by atoms with E-state index in [1.807, 2.05) is 6.07 Å². The van der Waals surface area contributed by atoms with Gasteiger partial charge in [0.1, 0.15) is 0 Å². The van der Waals surface area contributed by atoms with Gasteiger partial charge in [0.25, 0.3) is 0 Å². The number of nitrogens with zero attached hydrogens (tertiary/aromatic N) is 2. The van der Waals surface area contributed by atoms with Crippen molar-refractivity contribution in [1.29, 1.82) is 0 Å². The van der Waals surface area contributed by atoms with Crippen LogP contribution in [0.5, 0.6) is 0 Å². The molecule has 95 valence electrons. The van der Waals surface area contributed by atoms with E-state index >= 15 is 0 Å². The lowest BCUT2D eigenvalue weighted by atomic mass is 9.94. The van der Waals surface area contributed by atoms with Gasteiger partial charge in [-0.25, -0.2) is 4.98 Å². The summed E-state index contributed by atoms with van der Waals surface area (Å²) < 4.78 is 1.28. The fourth-order valence-corrected chi connectivity index (χ4v) is 3.63. The van der Waals surface area contributed by atoms with Crippen molar-refractivity contribution in [1.82, 2.24) is 10.7 Å². The molecule has 1 aliphatic rings. The predicted molar refractivity (Wildman–Crippen MR) is 77.1 cm³/mol. The first-order valence-electron chi connectivity index (χ1n) is 6.62. The second-order valence-electron chi connectivity index (χ2n) is 4.93. The van der Waals surface area contributed by atoms with Crippen molar-refractivity contribution in [3.8, 4) is 0 Å². The minimum atomic E-state index is 0.575. The van der Waals surface area contributed by atoms with Crippen LogP contribution in [0.3, 0.4) is 0 Å². The zero-order chi connectivity index (χ0) is 12.4. The molecule has 1 aromatic carbocycles. The van der Waals surface area contributed by atoms with Crippen LogP contribution in [0.25, 0.3) is 10.2 Å². The highest BCUT2D eigenvalue weighted by Crippen LogP contribution is 2.31. The maximum absolute atomic E-state index is 7.30. The van der Waals surface area contributed by atoms with Crippen molar-refractivity contribution >= 4 is 26.7 Å². The molecule has 1 aliphatic heterocycles. The third-order valence-corrected chi connectivity index (χ3v) is 4.82. The van der Waals surface area contributed by atoms with Crippen molar-refractivity contribution in [2.75, 3.05) is 24.5 Å². The van der Waals surface area contributed by atoms with Crippen LogP contribution in [0, 0.1) is 5.92 Å². The summed E-state index contributed by atoms with van der Waals surface area (Å²) in [6.45, 7) is 2.78.